The molecular formula is C22H32N4O4. The summed E-state index contributed by atoms with van der Waals surface area (Å²) in [7, 11) is 0. The average Bonchev–Trinajstić information content (AvgIpc) is 3.28. The number of ether oxygens (including phenoxy) is 2. The zero-order chi connectivity index (χ0) is 21.2. The first-order valence-electron chi connectivity index (χ1n) is 11.0. The fourth-order valence-electron chi connectivity index (χ4n) is 3.50. The molecule has 8 heteroatoms. The third-order valence-corrected chi connectivity index (χ3v) is 5.54. The lowest BCUT2D eigenvalue weighted by atomic mass is 10.0. The molecule has 1 saturated heterocycles. The minimum Gasteiger partial charge on any atom is -0.449 e. The van der Waals surface area contributed by atoms with Crippen LogP contribution in [0.3, 0.4) is 0 Å². The number of hydrogen-bond acceptors (Lipinski definition) is 7. The largest absolute Gasteiger partial charge is 0.449 e. The van der Waals surface area contributed by atoms with Crippen molar-refractivity contribution in [1.82, 2.24) is 20.0 Å². The van der Waals surface area contributed by atoms with Gasteiger partial charge in [0.05, 0.1) is 12.7 Å². The first-order valence-corrected chi connectivity index (χ1v) is 11.0. The van der Waals surface area contributed by atoms with Gasteiger partial charge in [0.25, 0.3) is 5.89 Å². The van der Waals surface area contributed by atoms with Crippen LogP contribution in [0.25, 0.3) is 11.4 Å². The average molecular weight is 417 g/mol. The molecule has 2 aromatic heterocycles. The first-order chi connectivity index (χ1) is 14.7. The molecule has 1 unspecified atom stereocenters. The van der Waals surface area contributed by atoms with E-state index in [9.17, 15) is 4.79 Å². The maximum absolute atomic E-state index is 12.3. The highest BCUT2D eigenvalue weighted by atomic mass is 16.6. The topological polar surface area (TPSA) is 90.6 Å². The summed E-state index contributed by atoms with van der Waals surface area (Å²) >= 11 is 0. The normalized spacial score (nSPS) is 15.9. The van der Waals surface area contributed by atoms with Gasteiger partial charge in [-0.2, -0.15) is 4.98 Å². The third kappa shape index (κ3) is 6.52. The van der Waals surface area contributed by atoms with Crippen LogP contribution in [0.5, 0.6) is 0 Å². The van der Waals surface area contributed by atoms with Crippen LogP contribution in [0.1, 0.15) is 58.3 Å². The van der Waals surface area contributed by atoms with Crippen LogP contribution in [0.15, 0.2) is 29.0 Å². The van der Waals surface area contributed by atoms with Crippen molar-refractivity contribution >= 4 is 6.09 Å². The number of carbonyl (C=O) groups is 1. The summed E-state index contributed by atoms with van der Waals surface area (Å²) in [4.78, 5) is 22.5. The Morgan fingerprint density at radius 1 is 1.27 bits per heavy atom. The molecule has 0 saturated carbocycles. The predicted octanol–water partition coefficient (Wildman–Crippen LogP) is 4.47. The lowest BCUT2D eigenvalue weighted by Gasteiger charge is -2.31. The minimum atomic E-state index is -0.206. The lowest BCUT2D eigenvalue weighted by Crippen LogP contribution is -2.41. The quantitative estimate of drug-likeness (QED) is 0.564. The second-order valence-electron chi connectivity index (χ2n) is 7.74. The molecule has 2 aromatic rings. The second-order valence-corrected chi connectivity index (χ2v) is 7.74. The van der Waals surface area contributed by atoms with E-state index < -0.39 is 0 Å². The van der Waals surface area contributed by atoms with Gasteiger partial charge in [0, 0.05) is 31.0 Å². The predicted molar refractivity (Wildman–Crippen MR) is 112 cm³/mol. The number of amides is 1. The van der Waals surface area contributed by atoms with Crippen LogP contribution >= 0.6 is 0 Å². The number of aromatic nitrogens is 3. The summed E-state index contributed by atoms with van der Waals surface area (Å²) in [6.07, 6.45) is 9.30. The Bertz CT molecular complexity index is 760. The van der Waals surface area contributed by atoms with Gasteiger partial charge >= 0.3 is 6.09 Å². The lowest BCUT2D eigenvalue weighted by molar-refractivity contribution is -0.0135. The van der Waals surface area contributed by atoms with Gasteiger partial charge in [0.15, 0.2) is 0 Å². The smallest absolute Gasteiger partial charge is 0.409 e. The van der Waals surface area contributed by atoms with Gasteiger partial charge in [-0.25, -0.2) is 4.79 Å². The SMILES string of the molecule is CCCCC(CC)COC(=O)N1CCC(OCc2nc(-c3ccncc3)no2)CC1. The Labute approximate surface area is 178 Å². The number of nitrogens with zero attached hydrogens (tertiary/aromatic N) is 4. The minimum absolute atomic E-state index is 0.0678. The zero-order valence-corrected chi connectivity index (χ0v) is 18.0. The summed E-state index contributed by atoms with van der Waals surface area (Å²) in [5, 5.41) is 3.98. The van der Waals surface area contributed by atoms with Crippen LogP contribution in [0.2, 0.25) is 0 Å². The molecule has 8 nitrogen and oxygen atoms in total. The van der Waals surface area contributed by atoms with Crippen LogP contribution in [0, 0.1) is 5.92 Å². The molecule has 1 atom stereocenters. The molecule has 0 spiro atoms. The highest BCUT2D eigenvalue weighted by Crippen LogP contribution is 2.19. The highest BCUT2D eigenvalue weighted by molar-refractivity contribution is 5.67. The van der Waals surface area contributed by atoms with Crippen molar-refractivity contribution in [2.24, 2.45) is 5.92 Å². The molecule has 30 heavy (non-hydrogen) atoms. The van der Waals surface area contributed by atoms with Gasteiger partial charge in [-0.05, 0) is 37.3 Å². The summed E-state index contributed by atoms with van der Waals surface area (Å²) in [5.41, 5.74) is 0.854. The van der Waals surface area contributed by atoms with E-state index in [-0.39, 0.29) is 18.8 Å². The van der Waals surface area contributed by atoms with E-state index >= 15 is 0 Å². The molecule has 1 aliphatic heterocycles. The summed E-state index contributed by atoms with van der Waals surface area (Å²) < 4.78 is 16.7. The van der Waals surface area contributed by atoms with Gasteiger partial charge in [-0.1, -0.05) is 38.3 Å². The van der Waals surface area contributed by atoms with Gasteiger partial charge in [-0.3, -0.25) is 4.98 Å². The van der Waals surface area contributed by atoms with Crippen LogP contribution in [-0.2, 0) is 16.1 Å². The molecule has 1 amide bonds. The molecule has 0 bridgehead atoms. The Kier molecular flexibility index (Phi) is 8.62. The van der Waals surface area contributed by atoms with E-state index in [0.29, 0.717) is 37.3 Å². The fraction of sp³-hybridized carbons (Fsp3) is 0.636. The molecule has 0 aliphatic carbocycles. The monoisotopic (exact) mass is 416 g/mol. The van der Waals surface area contributed by atoms with Crippen LogP contribution in [-0.4, -0.2) is 51.9 Å². The zero-order valence-electron chi connectivity index (χ0n) is 18.0. The Morgan fingerprint density at radius 3 is 2.73 bits per heavy atom. The van der Waals surface area contributed by atoms with Gasteiger partial charge < -0.3 is 18.9 Å². The van der Waals surface area contributed by atoms with E-state index in [2.05, 4.69) is 29.0 Å². The summed E-state index contributed by atoms with van der Waals surface area (Å²) in [5.74, 6) is 1.43. The molecule has 0 N–H and O–H groups in total. The van der Waals surface area contributed by atoms with Crippen molar-refractivity contribution in [3.63, 3.8) is 0 Å². The molecule has 0 aromatic carbocycles. The summed E-state index contributed by atoms with van der Waals surface area (Å²) in [6.45, 7) is 6.40. The number of likely N-dealkylation sites (tertiary alicyclic amines) is 1. The molecular weight excluding hydrogens is 384 g/mol. The maximum Gasteiger partial charge on any atom is 0.409 e. The third-order valence-electron chi connectivity index (χ3n) is 5.54. The maximum atomic E-state index is 12.3. The van der Waals surface area contributed by atoms with Gasteiger partial charge in [0.2, 0.25) is 5.82 Å². The van der Waals surface area contributed by atoms with E-state index in [1.807, 2.05) is 12.1 Å². The van der Waals surface area contributed by atoms with E-state index in [1.54, 1.807) is 17.3 Å². The Morgan fingerprint density at radius 2 is 2.03 bits per heavy atom. The van der Waals surface area contributed by atoms with Crippen molar-refractivity contribution in [3.8, 4) is 11.4 Å². The number of rotatable bonds is 10. The van der Waals surface area contributed by atoms with E-state index in [1.165, 1.54) is 12.8 Å². The molecule has 3 heterocycles. The Hall–Kier alpha value is -2.48. The molecule has 164 valence electrons. The molecule has 1 aliphatic rings. The van der Waals surface area contributed by atoms with Gasteiger partial charge in [-0.15, -0.1) is 0 Å². The highest BCUT2D eigenvalue weighted by Gasteiger charge is 2.25. The number of carbonyl (C=O) groups excluding carboxylic acids is 1. The fourth-order valence-corrected chi connectivity index (χ4v) is 3.50. The van der Waals surface area contributed by atoms with Crippen LogP contribution < -0.4 is 0 Å². The number of pyridine rings is 1. The van der Waals surface area contributed by atoms with Crippen molar-refractivity contribution in [1.29, 1.82) is 0 Å². The van der Waals surface area contributed by atoms with Gasteiger partial charge in [0.1, 0.15) is 6.61 Å². The number of hydrogen-bond donors (Lipinski definition) is 0. The van der Waals surface area contributed by atoms with Crippen molar-refractivity contribution in [2.45, 2.75) is 65.1 Å². The van der Waals surface area contributed by atoms with E-state index in [4.69, 9.17) is 14.0 Å². The van der Waals surface area contributed by atoms with Crippen molar-refractivity contribution < 1.29 is 18.8 Å². The number of unbranched alkanes of at least 4 members (excludes halogenated alkanes) is 1. The Balaban J connectivity index is 1.36. The van der Waals surface area contributed by atoms with E-state index in [0.717, 1.165) is 31.2 Å². The van der Waals surface area contributed by atoms with Crippen molar-refractivity contribution in [3.05, 3.63) is 30.4 Å². The summed E-state index contributed by atoms with van der Waals surface area (Å²) in [6, 6.07) is 3.66. The number of piperidine rings is 1. The molecule has 1 fully saturated rings. The molecule has 3 rings (SSSR count). The second kappa shape index (κ2) is 11.6. The molecule has 0 radical (unpaired) electrons. The first kappa shape index (κ1) is 22.2. The standard InChI is InChI=1S/C22H32N4O4/c1-3-5-6-17(4-2)15-29-22(27)26-13-9-19(10-14-26)28-16-20-24-21(25-30-20)18-7-11-23-12-8-18/h7-8,11-12,17,19H,3-6,9-10,13-16H2,1-2H3. The van der Waals surface area contributed by atoms with Crippen LogP contribution in [0.4, 0.5) is 4.79 Å². The van der Waals surface area contributed by atoms with Crippen molar-refractivity contribution in [2.75, 3.05) is 19.7 Å².